The van der Waals surface area contributed by atoms with Crippen molar-refractivity contribution in [3.05, 3.63) is 46.3 Å². The van der Waals surface area contributed by atoms with E-state index in [-0.39, 0.29) is 6.04 Å². The molecule has 1 aliphatic heterocycles. The maximum atomic E-state index is 5.54. The van der Waals surface area contributed by atoms with Crippen LogP contribution in [0.2, 0.25) is 0 Å². The van der Waals surface area contributed by atoms with Crippen LogP contribution in [-0.4, -0.2) is 6.61 Å². The predicted octanol–water partition coefficient (Wildman–Crippen LogP) is 4.15. The zero-order valence-electron chi connectivity index (χ0n) is 10.1. The maximum Gasteiger partial charge on any atom is 0.169 e. The summed E-state index contributed by atoms with van der Waals surface area (Å²) in [5, 5.41) is 3.43. The summed E-state index contributed by atoms with van der Waals surface area (Å²) in [6.45, 7) is 2.87. The molecule has 1 N–H and O–H groups in total. The van der Waals surface area contributed by atoms with Gasteiger partial charge in [-0.25, -0.2) is 0 Å². The van der Waals surface area contributed by atoms with Gasteiger partial charge in [-0.1, -0.05) is 0 Å². The van der Waals surface area contributed by atoms with E-state index >= 15 is 0 Å². The van der Waals surface area contributed by atoms with Gasteiger partial charge < -0.3 is 14.5 Å². The molecule has 18 heavy (non-hydrogen) atoms. The van der Waals surface area contributed by atoms with E-state index in [2.05, 4.69) is 34.2 Å². The molecule has 1 atom stereocenters. The number of hydrogen-bond acceptors (Lipinski definition) is 3. The van der Waals surface area contributed by atoms with E-state index in [1.54, 1.807) is 0 Å². The lowest BCUT2D eigenvalue weighted by molar-refractivity contribution is 0.357. The second-order valence-electron chi connectivity index (χ2n) is 4.43. The molecular weight excluding hydrogens is 294 g/mol. The lowest BCUT2D eigenvalue weighted by atomic mass is 10.1. The first-order valence-electron chi connectivity index (χ1n) is 6.00. The van der Waals surface area contributed by atoms with E-state index in [4.69, 9.17) is 9.15 Å². The van der Waals surface area contributed by atoms with E-state index in [0.29, 0.717) is 0 Å². The first-order valence-corrected chi connectivity index (χ1v) is 6.79. The van der Waals surface area contributed by atoms with Crippen LogP contribution in [0.3, 0.4) is 0 Å². The Kier molecular flexibility index (Phi) is 3.04. The van der Waals surface area contributed by atoms with Gasteiger partial charge in [0.05, 0.1) is 12.6 Å². The minimum atomic E-state index is 0.136. The van der Waals surface area contributed by atoms with Gasteiger partial charge in [-0.2, -0.15) is 0 Å². The molecule has 0 saturated heterocycles. The van der Waals surface area contributed by atoms with Gasteiger partial charge in [0.1, 0.15) is 11.5 Å². The molecule has 0 bridgehead atoms. The Morgan fingerprint density at radius 2 is 2.17 bits per heavy atom. The normalized spacial score (nSPS) is 15.0. The summed E-state index contributed by atoms with van der Waals surface area (Å²) >= 11 is 3.32. The molecule has 2 aromatic rings. The van der Waals surface area contributed by atoms with Crippen LogP contribution in [0.15, 0.2) is 39.4 Å². The first kappa shape index (κ1) is 11.7. The predicted molar refractivity (Wildman–Crippen MR) is 74.1 cm³/mol. The molecule has 1 aliphatic rings. The Bertz CT molecular complexity index is 565. The molecule has 0 spiro atoms. The molecule has 0 radical (unpaired) electrons. The Labute approximate surface area is 114 Å². The molecule has 3 rings (SSSR count). The summed E-state index contributed by atoms with van der Waals surface area (Å²) in [5.41, 5.74) is 2.37. The standard InChI is InChI=1S/C14H14BrNO2/c1-9(12-4-5-14(15)18-12)16-11-2-3-13-10(8-11)6-7-17-13/h2-5,8-9,16H,6-7H2,1H3. The zero-order valence-corrected chi connectivity index (χ0v) is 11.7. The lowest BCUT2D eigenvalue weighted by Crippen LogP contribution is -2.05. The van der Waals surface area contributed by atoms with Crippen molar-refractivity contribution in [1.82, 2.24) is 0 Å². The van der Waals surface area contributed by atoms with E-state index in [1.165, 1.54) is 5.56 Å². The number of ether oxygens (including phenoxy) is 1. The fraction of sp³-hybridized carbons (Fsp3) is 0.286. The molecule has 4 heteroatoms. The number of hydrogen-bond donors (Lipinski definition) is 1. The van der Waals surface area contributed by atoms with Crippen LogP contribution in [-0.2, 0) is 6.42 Å². The summed E-state index contributed by atoms with van der Waals surface area (Å²) in [4.78, 5) is 0. The minimum absolute atomic E-state index is 0.136. The van der Waals surface area contributed by atoms with Crippen LogP contribution >= 0.6 is 15.9 Å². The summed E-state index contributed by atoms with van der Waals surface area (Å²) in [7, 11) is 0. The highest BCUT2D eigenvalue weighted by molar-refractivity contribution is 9.10. The average Bonchev–Trinajstić information content (AvgIpc) is 2.96. The quantitative estimate of drug-likeness (QED) is 0.925. The molecule has 1 aromatic heterocycles. The van der Waals surface area contributed by atoms with Crippen molar-refractivity contribution in [3.63, 3.8) is 0 Å². The Hall–Kier alpha value is -1.42. The van der Waals surface area contributed by atoms with E-state index in [9.17, 15) is 0 Å². The van der Waals surface area contributed by atoms with Crippen LogP contribution in [0.5, 0.6) is 5.75 Å². The second-order valence-corrected chi connectivity index (χ2v) is 5.21. The smallest absolute Gasteiger partial charge is 0.169 e. The summed E-state index contributed by atoms with van der Waals surface area (Å²) in [5.74, 6) is 1.92. The molecule has 2 heterocycles. The molecule has 94 valence electrons. The van der Waals surface area contributed by atoms with Crippen LogP contribution in [0.1, 0.15) is 24.3 Å². The largest absolute Gasteiger partial charge is 0.493 e. The highest BCUT2D eigenvalue weighted by Gasteiger charge is 2.14. The summed E-state index contributed by atoms with van der Waals surface area (Å²) in [6, 6.07) is 10.2. The van der Waals surface area contributed by atoms with Gasteiger partial charge in [-0.05, 0) is 58.7 Å². The van der Waals surface area contributed by atoms with Crippen molar-refractivity contribution in [1.29, 1.82) is 0 Å². The minimum Gasteiger partial charge on any atom is -0.493 e. The van der Waals surface area contributed by atoms with Gasteiger partial charge in [0.15, 0.2) is 4.67 Å². The van der Waals surface area contributed by atoms with Crippen LogP contribution in [0.25, 0.3) is 0 Å². The van der Waals surface area contributed by atoms with Gasteiger partial charge in [-0.3, -0.25) is 0 Å². The zero-order chi connectivity index (χ0) is 12.5. The molecular formula is C14H14BrNO2. The average molecular weight is 308 g/mol. The fourth-order valence-corrected chi connectivity index (χ4v) is 2.48. The van der Waals surface area contributed by atoms with Crippen molar-refractivity contribution >= 4 is 21.6 Å². The number of benzene rings is 1. The SMILES string of the molecule is CC(Nc1ccc2c(c1)CCO2)c1ccc(Br)o1. The van der Waals surface area contributed by atoms with Crippen molar-refractivity contribution in [2.24, 2.45) is 0 Å². The van der Waals surface area contributed by atoms with Crippen LogP contribution in [0.4, 0.5) is 5.69 Å². The number of furan rings is 1. The summed E-state index contributed by atoms with van der Waals surface area (Å²) < 4.78 is 11.8. The lowest BCUT2D eigenvalue weighted by Gasteiger charge is -2.13. The van der Waals surface area contributed by atoms with Gasteiger partial charge in [0.2, 0.25) is 0 Å². The molecule has 0 fully saturated rings. The highest BCUT2D eigenvalue weighted by atomic mass is 79.9. The number of halogens is 1. The third-order valence-electron chi connectivity index (χ3n) is 3.09. The van der Waals surface area contributed by atoms with Gasteiger partial charge >= 0.3 is 0 Å². The van der Waals surface area contributed by atoms with Gasteiger partial charge in [0, 0.05) is 12.1 Å². The van der Waals surface area contributed by atoms with Crippen molar-refractivity contribution in [3.8, 4) is 5.75 Å². The molecule has 1 unspecified atom stereocenters. The third-order valence-corrected chi connectivity index (χ3v) is 3.52. The Balaban J connectivity index is 1.76. The van der Waals surface area contributed by atoms with E-state index < -0.39 is 0 Å². The molecule has 3 nitrogen and oxygen atoms in total. The van der Waals surface area contributed by atoms with E-state index in [1.807, 2.05) is 24.3 Å². The van der Waals surface area contributed by atoms with Crippen LogP contribution in [0, 0.1) is 0 Å². The number of rotatable bonds is 3. The highest BCUT2D eigenvalue weighted by Crippen LogP contribution is 2.30. The second kappa shape index (κ2) is 4.69. The molecule has 1 aromatic carbocycles. The van der Waals surface area contributed by atoms with Crippen molar-refractivity contribution < 1.29 is 9.15 Å². The van der Waals surface area contributed by atoms with Crippen molar-refractivity contribution in [2.45, 2.75) is 19.4 Å². The van der Waals surface area contributed by atoms with Crippen LogP contribution < -0.4 is 10.1 Å². The number of anilines is 1. The number of fused-ring (bicyclic) bond motifs is 1. The molecule has 0 amide bonds. The summed E-state index contributed by atoms with van der Waals surface area (Å²) in [6.07, 6.45) is 0.992. The maximum absolute atomic E-state index is 5.54. The molecule has 0 saturated carbocycles. The van der Waals surface area contributed by atoms with Crippen molar-refractivity contribution in [2.75, 3.05) is 11.9 Å². The Morgan fingerprint density at radius 3 is 2.94 bits per heavy atom. The molecule has 0 aliphatic carbocycles. The van der Waals surface area contributed by atoms with E-state index in [0.717, 1.165) is 34.9 Å². The Morgan fingerprint density at radius 1 is 1.28 bits per heavy atom. The fourth-order valence-electron chi connectivity index (χ4n) is 2.16. The first-order chi connectivity index (χ1) is 8.72. The monoisotopic (exact) mass is 307 g/mol. The third kappa shape index (κ3) is 2.25. The van der Waals surface area contributed by atoms with Gasteiger partial charge in [0.25, 0.3) is 0 Å². The topological polar surface area (TPSA) is 34.4 Å². The number of nitrogens with one attached hydrogen (secondary N) is 1. The van der Waals surface area contributed by atoms with Gasteiger partial charge in [-0.15, -0.1) is 0 Å².